The molecule has 9 heteroatoms. The maximum Gasteiger partial charge on any atom is 0.292 e. The largest absolute Gasteiger partial charge is 0.493 e. The van der Waals surface area contributed by atoms with Crippen molar-refractivity contribution in [1.82, 2.24) is 9.78 Å². The van der Waals surface area contributed by atoms with Crippen LogP contribution in [0.15, 0.2) is 47.4 Å². The molecule has 0 unspecified atom stereocenters. The molecular formula is C19H16ClF2N3O3. The van der Waals surface area contributed by atoms with Gasteiger partial charge < -0.3 is 14.8 Å². The van der Waals surface area contributed by atoms with Crippen molar-refractivity contribution in [3.63, 3.8) is 0 Å². The quantitative estimate of drug-likeness (QED) is 0.673. The van der Waals surface area contributed by atoms with Gasteiger partial charge in [-0.05, 0) is 29.8 Å². The Kier molecular flexibility index (Phi) is 5.79. The third-order valence-corrected chi connectivity index (χ3v) is 4.35. The van der Waals surface area contributed by atoms with E-state index >= 15 is 0 Å². The van der Waals surface area contributed by atoms with Crippen molar-refractivity contribution in [2.24, 2.45) is 0 Å². The van der Waals surface area contributed by atoms with Crippen LogP contribution in [0.4, 0.5) is 14.5 Å². The van der Waals surface area contributed by atoms with E-state index in [9.17, 15) is 13.6 Å². The Bertz CT molecular complexity index is 1070. The van der Waals surface area contributed by atoms with Crippen molar-refractivity contribution in [3.05, 3.63) is 75.2 Å². The van der Waals surface area contributed by atoms with Crippen molar-refractivity contribution in [2.75, 3.05) is 19.5 Å². The number of hydrogen-bond donors (Lipinski definition) is 1. The molecule has 0 atom stereocenters. The lowest BCUT2D eigenvalue weighted by atomic mass is 10.2. The van der Waals surface area contributed by atoms with Gasteiger partial charge >= 0.3 is 0 Å². The third-order valence-electron chi connectivity index (χ3n) is 3.99. The Hall–Kier alpha value is -3.13. The fourth-order valence-electron chi connectivity index (χ4n) is 2.57. The van der Waals surface area contributed by atoms with Gasteiger partial charge in [0.05, 0.1) is 26.1 Å². The van der Waals surface area contributed by atoms with E-state index in [1.165, 1.54) is 13.3 Å². The molecule has 6 nitrogen and oxygen atoms in total. The molecule has 3 rings (SSSR count). The molecule has 2 aromatic carbocycles. The summed E-state index contributed by atoms with van der Waals surface area (Å²) in [5, 5.41) is 6.76. The molecule has 0 aliphatic rings. The summed E-state index contributed by atoms with van der Waals surface area (Å²) in [5.74, 6) is -0.520. The number of anilines is 1. The van der Waals surface area contributed by atoms with E-state index in [1.807, 2.05) is 6.07 Å². The number of halogens is 3. The summed E-state index contributed by atoms with van der Waals surface area (Å²) in [6.45, 7) is 0.329. The number of benzene rings is 2. The monoisotopic (exact) mass is 407 g/mol. The summed E-state index contributed by atoms with van der Waals surface area (Å²) in [6.07, 6.45) is 1.30. The molecule has 0 radical (unpaired) electrons. The van der Waals surface area contributed by atoms with E-state index in [0.29, 0.717) is 24.1 Å². The first kappa shape index (κ1) is 19.6. The minimum Gasteiger partial charge on any atom is -0.493 e. The number of rotatable bonds is 6. The number of hydrogen-bond acceptors (Lipinski definition) is 5. The fraction of sp³-hybridized carbons (Fsp3) is 0.158. The van der Waals surface area contributed by atoms with Crippen LogP contribution in [0.3, 0.4) is 0 Å². The molecule has 146 valence electrons. The fourth-order valence-corrected chi connectivity index (χ4v) is 2.76. The first-order valence-corrected chi connectivity index (χ1v) is 8.50. The van der Waals surface area contributed by atoms with Gasteiger partial charge in [0.15, 0.2) is 17.3 Å². The molecule has 3 aromatic rings. The van der Waals surface area contributed by atoms with E-state index in [4.69, 9.17) is 21.1 Å². The van der Waals surface area contributed by atoms with Gasteiger partial charge in [0.25, 0.3) is 5.56 Å². The second-order valence-electron chi connectivity index (χ2n) is 5.73. The SMILES string of the molecule is COc1ccc(CNc2cnn(-c3ccc(F)cc3F)c(=O)c2Cl)cc1OC. The average Bonchev–Trinajstić information content (AvgIpc) is 2.69. The number of nitrogens with zero attached hydrogens (tertiary/aromatic N) is 2. The first-order chi connectivity index (χ1) is 13.4. The van der Waals surface area contributed by atoms with Gasteiger partial charge in [-0.1, -0.05) is 17.7 Å². The van der Waals surface area contributed by atoms with Crippen LogP contribution in [-0.2, 0) is 6.54 Å². The topological polar surface area (TPSA) is 65.4 Å². The Labute approximate surface area is 164 Å². The molecule has 0 saturated carbocycles. The zero-order valence-corrected chi connectivity index (χ0v) is 15.8. The zero-order chi connectivity index (χ0) is 20.3. The first-order valence-electron chi connectivity index (χ1n) is 8.12. The van der Waals surface area contributed by atoms with Crippen molar-refractivity contribution >= 4 is 17.3 Å². The van der Waals surface area contributed by atoms with Crippen molar-refractivity contribution in [1.29, 1.82) is 0 Å². The number of aromatic nitrogens is 2. The molecule has 0 saturated heterocycles. The van der Waals surface area contributed by atoms with E-state index in [-0.39, 0.29) is 16.4 Å². The molecule has 28 heavy (non-hydrogen) atoms. The van der Waals surface area contributed by atoms with Gasteiger partial charge in [0, 0.05) is 12.6 Å². The van der Waals surface area contributed by atoms with E-state index in [1.54, 1.807) is 19.2 Å². The Morgan fingerprint density at radius 3 is 2.54 bits per heavy atom. The van der Waals surface area contributed by atoms with Gasteiger partial charge in [-0.2, -0.15) is 9.78 Å². The van der Waals surface area contributed by atoms with Crippen molar-refractivity contribution in [2.45, 2.75) is 6.54 Å². The van der Waals surface area contributed by atoms with Crippen molar-refractivity contribution < 1.29 is 18.3 Å². The smallest absolute Gasteiger partial charge is 0.292 e. The maximum absolute atomic E-state index is 13.9. The Morgan fingerprint density at radius 2 is 1.86 bits per heavy atom. The summed E-state index contributed by atoms with van der Waals surface area (Å²) in [6, 6.07) is 8.18. The van der Waals surface area contributed by atoms with Crippen LogP contribution in [0.25, 0.3) is 5.69 Å². The molecule has 0 amide bonds. The number of ether oxygens (including phenoxy) is 2. The minimum atomic E-state index is -0.920. The average molecular weight is 408 g/mol. The van der Waals surface area contributed by atoms with Gasteiger partial charge in [-0.15, -0.1) is 0 Å². The minimum absolute atomic E-state index is 0.167. The van der Waals surface area contributed by atoms with Crippen LogP contribution >= 0.6 is 11.6 Å². The van der Waals surface area contributed by atoms with E-state index in [2.05, 4.69) is 10.4 Å². The molecule has 1 heterocycles. The van der Waals surface area contributed by atoms with Crippen LogP contribution in [0.1, 0.15) is 5.56 Å². The van der Waals surface area contributed by atoms with Crippen LogP contribution < -0.4 is 20.3 Å². The molecule has 0 aliphatic carbocycles. The standard InChI is InChI=1S/C19H16ClF2N3O3/c1-27-16-6-3-11(7-17(16)28-2)9-23-14-10-24-25(19(26)18(14)20)15-5-4-12(21)8-13(15)22/h3-8,10,23H,9H2,1-2H3. The molecule has 0 spiro atoms. The summed E-state index contributed by atoms with van der Waals surface area (Å²) in [5.41, 5.74) is 0.201. The maximum atomic E-state index is 13.9. The molecular weight excluding hydrogens is 392 g/mol. The number of methoxy groups -OCH3 is 2. The van der Waals surface area contributed by atoms with E-state index in [0.717, 1.165) is 22.4 Å². The highest BCUT2D eigenvalue weighted by atomic mass is 35.5. The van der Waals surface area contributed by atoms with Crippen LogP contribution in [0.2, 0.25) is 5.02 Å². The predicted octanol–water partition coefficient (Wildman–Crippen LogP) is 3.79. The normalized spacial score (nSPS) is 10.6. The summed E-state index contributed by atoms with van der Waals surface area (Å²) < 4.78 is 38.2. The highest BCUT2D eigenvalue weighted by molar-refractivity contribution is 6.32. The number of nitrogens with one attached hydrogen (secondary N) is 1. The lowest BCUT2D eigenvalue weighted by molar-refractivity contribution is 0.354. The summed E-state index contributed by atoms with van der Waals surface area (Å²) in [7, 11) is 3.07. The second kappa shape index (κ2) is 8.26. The Morgan fingerprint density at radius 1 is 1.11 bits per heavy atom. The van der Waals surface area contributed by atoms with Crippen LogP contribution in [-0.4, -0.2) is 24.0 Å². The zero-order valence-electron chi connectivity index (χ0n) is 15.0. The summed E-state index contributed by atoms with van der Waals surface area (Å²) >= 11 is 6.13. The van der Waals surface area contributed by atoms with Gasteiger partial charge in [0.2, 0.25) is 0 Å². The van der Waals surface area contributed by atoms with Crippen LogP contribution in [0, 0.1) is 11.6 Å². The summed E-state index contributed by atoms with van der Waals surface area (Å²) in [4.78, 5) is 12.5. The molecule has 0 bridgehead atoms. The molecule has 0 fully saturated rings. The molecule has 1 N–H and O–H groups in total. The lowest BCUT2D eigenvalue weighted by Crippen LogP contribution is -2.23. The van der Waals surface area contributed by atoms with E-state index < -0.39 is 17.2 Å². The molecule has 1 aromatic heterocycles. The third kappa shape index (κ3) is 3.91. The predicted molar refractivity (Wildman–Crippen MR) is 102 cm³/mol. The molecule has 0 aliphatic heterocycles. The van der Waals surface area contributed by atoms with Gasteiger partial charge in [-0.25, -0.2) is 8.78 Å². The Balaban J connectivity index is 1.85. The van der Waals surface area contributed by atoms with Crippen molar-refractivity contribution in [3.8, 4) is 17.2 Å². The highest BCUT2D eigenvalue weighted by Crippen LogP contribution is 2.28. The van der Waals surface area contributed by atoms with Gasteiger partial charge in [-0.3, -0.25) is 4.79 Å². The van der Waals surface area contributed by atoms with Gasteiger partial charge in [0.1, 0.15) is 16.5 Å². The second-order valence-corrected chi connectivity index (χ2v) is 6.11. The lowest BCUT2D eigenvalue weighted by Gasteiger charge is -2.12. The highest BCUT2D eigenvalue weighted by Gasteiger charge is 2.14. The van der Waals surface area contributed by atoms with Crippen LogP contribution in [0.5, 0.6) is 11.5 Å².